The van der Waals surface area contributed by atoms with E-state index in [4.69, 9.17) is 16.3 Å². The molecule has 7 heteroatoms. The van der Waals surface area contributed by atoms with E-state index < -0.39 is 0 Å². The molecular formula is C16H19ClFN3OS. The van der Waals surface area contributed by atoms with Crippen molar-refractivity contribution in [2.24, 2.45) is 0 Å². The van der Waals surface area contributed by atoms with Crippen LogP contribution >= 0.6 is 23.4 Å². The lowest BCUT2D eigenvalue weighted by molar-refractivity contribution is 0.0835. The highest BCUT2D eigenvalue weighted by atomic mass is 35.5. The highest BCUT2D eigenvalue weighted by Gasteiger charge is 2.22. The molecule has 1 aromatic carbocycles. The molecule has 1 aliphatic rings. The van der Waals surface area contributed by atoms with Crippen LogP contribution in [0, 0.1) is 5.82 Å². The molecule has 1 aliphatic heterocycles. The van der Waals surface area contributed by atoms with Crippen molar-refractivity contribution in [1.29, 1.82) is 0 Å². The number of aromatic nitrogens is 3. The summed E-state index contributed by atoms with van der Waals surface area (Å²) in [4.78, 5) is 4.69. The van der Waals surface area contributed by atoms with Crippen molar-refractivity contribution in [1.82, 2.24) is 14.8 Å². The third kappa shape index (κ3) is 3.87. The van der Waals surface area contributed by atoms with Gasteiger partial charge in [-0.05, 0) is 31.2 Å². The number of ether oxygens (including phenoxy) is 1. The van der Waals surface area contributed by atoms with Gasteiger partial charge in [0.15, 0.2) is 5.82 Å². The quantitative estimate of drug-likeness (QED) is 0.816. The van der Waals surface area contributed by atoms with Crippen molar-refractivity contribution in [2.75, 3.05) is 19.5 Å². The van der Waals surface area contributed by atoms with Gasteiger partial charge in [0.2, 0.25) is 0 Å². The fourth-order valence-corrected chi connectivity index (χ4v) is 3.41. The Hall–Kier alpha value is -1.11. The summed E-state index contributed by atoms with van der Waals surface area (Å²) in [7, 11) is 0. The summed E-state index contributed by atoms with van der Waals surface area (Å²) in [5, 5.41) is 5.06. The zero-order valence-corrected chi connectivity index (χ0v) is 14.5. The van der Waals surface area contributed by atoms with Crippen LogP contribution in [0.2, 0.25) is 5.02 Å². The molecule has 1 fully saturated rings. The fraction of sp³-hybridized carbons (Fsp3) is 0.500. The average Bonchev–Trinajstić information content (AvgIpc) is 2.95. The number of hydrogen-bond acceptors (Lipinski definition) is 4. The molecule has 0 aliphatic carbocycles. The van der Waals surface area contributed by atoms with Gasteiger partial charge in [-0.3, -0.25) is 0 Å². The molecule has 0 saturated carbocycles. The van der Waals surface area contributed by atoms with Crippen LogP contribution in [0.3, 0.4) is 0 Å². The van der Waals surface area contributed by atoms with Crippen molar-refractivity contribution in [3.05, 3.63) is 46.3 Å². The Morgan fingerprint density at radius 3 is 2.87 bits per heavy atom. The standard InChI is InChI=1S/C16H19ClFN3OS/c1-23-10-15-19-16(11-5-7-22-8-6-11)20-21(15)9-12-13(17)3-2-4-14(12)18/h2-4,11H,5-10H2,1H3. The molecule has 4 nitrogen and oxygen atoms in total. The van der Waals surface area contributed by atoms with Crippen molar-refractivity contribution >= 4 is 23.4 Å². The van der Waals surface area contributed by atoms with Gasteiger partial charge in [-0.1, -0.05) is 17.7 Å². The van der Waals surface area contributed by atoms with Crippen molar-refractivity contribution in [2.45, 2.75) is 31.1 Å². The molecule has 1 saturated heterocycles. The summed E-state index contributed by atoms with van der Waals surface area (Å²) in [5.74, 6) is 2.45. The topological polar surface area (TPSA) is 39.9 Å². The summed E-state index contributed by atoms with van der Waals surface area (Å²) >= 11 is 7.81. The SMILES string of the molecule is CSCc1nc(C2CCOCC2)nn1Cc1c(F)cccc1Cl. The predicted molar refractivity (Wildman–Crippen MR) is 90.5 cm³/mol. The Labute approximate surface area is 144 Å². The maximum Gasteiger partial charge on any atom is 0.154 e. The van der Waals surface area contributed by atoms with Gasteiger partial charge in [0, 0.05) is 29.7 Å². The number of benzene rings is 1. The minimum absolute atomic E-state index is 0.303. The summed E-state index contributed by atoms with van der Waals surface area (Å²) in [5.41, 5.74) is 0.458. The van der Waals surface area contributed by atoms with E-state index in [1.807, 2.05) is 6.26 Å². The first kappa shape index (κ1) is 16.7. The molecule has 0 spiro atoms. The Bertz CT molecular complexity index is 653. The zero-order valence-electron chi connectivity index (χ0n) is 13.0. The van der Waals surface area contributed by atoms with Crippen LogP contribution in [0.5, 0.6) is 0 Å². The van der Waals surface area contributed by atoms with E-state index in [0.717, 1.165) is 43.5 Å². The summed E-state index contributed by atoms with van der Waals surface area (Å²) in [6.07, 6.45) is 3.88. The average molecular weight is 356 g/mol. The number of halogens is 2. The fourth-order valence-electron chi connectivity index (χ4n) is 2.72. The highest BCUT2D eigenvalue weighted by Crippen LogP contribution is 2.26. The summed E-state index contributed by atoms with van der Waals surface area (Å²) < 4.78 is 21.2. The monoisotopic (exact) mass is 355 g/mol. The van der Waals surface area contributed by atoms with E-state index in [-0.39, 0.29) is 5.82 Å². The Morgan fingerprint density at radius 1 is 1.39 bits per heavy atom. The second-order valence-electron chi connectivity index (χ2n) is 5.56. The van der Waals surface area contributed by atoms with Crippen LogP contribution in [0.4, 0.5) is 4.39 Å². The Kier molecular flexibility index (Phi) is 5.56. The van der Waals surface area contributed by atoms with Gasteiger partial charge in [-0.15, -0.1) is 0 Å². The van der Waals surface area contributed by atoms with E-state index in [0.29, 0.717) is 23.0 Å². The molecular weight excluding hydrogens is 337 g/mol. The molecule has 2 heterocycles. The van der Waals surface area contributed by atoms with Crippen LogP contribution in [0.15, 0.2) is 18.2 Å². The third-order valence-corrected chi connectivity index (χ3v) is 4.90. The van der Waals surface area contributed by atoms with Crippen molar-refractivity contribution in [3.63, 3.8) is 0 Å². The Morgan fingerprint density at radius 2 is 2.17 bits per heavy atom. The van der Waals surface area contributed by atoms with E-state index in [1.165, 1.54) is 6.07 Å². The van der Waals surface area contributed by atoms with E-state index in [9.17, 15) is 4.39 Å². The smallest absolute Gasteiger partial charge is 0.154 e. The number of rotatable bonds is 5. The largest absolute Gasteiger partial charge is 0.381 e. The minimum atomic E-state index is -0.310. The van der Waals surface area contributed by atoms with E-state index >= 15 is 0 Å². The second kappa shape index (κ2) is 7.64. The summed E-state index contributed by atoms with van der Waals surface area (Å²) in [6.45, 7) is 1.80. The molecule has 0 atom stereocenters. The van der Waals surface area contributed by atoms with Crippen LogP contribution in [0.1, 0.15) is 36.0 Å². The molecule has 124 valence electrons. The van der Waals surface area contributed by atoms with Crippen LogP contribution in [0.25, 0.3) is 0 Å². The van der Waals surface area contributed by atoms with Gasteiger partial charge in [-0.25, -0.2) is 14.1 Å². The number of hydrogen-bond donors (Lipinski definition) is 0. The normalized spacial score (nSPS) is 16.0. The van der Waals surface area contributed by atoms with E-state index in [2.05, 4.69) is 10.1 Å². The molecule has 0 amide bonds. The van der Waals surface area contributed by atoms with E-state index in [1.54, 1.807) is 28.6 Å². The highest BCUT2D eigenvalue weighted by molar-refractivity contribution is 7.97. The molecule has 0 N–H and O–H groups in total. The van der Waals surface area contributed by atoms with Gasteiger partial charge >= 0.3 is 0 Å². The maximum absolute atomic E-state index is 14.0. The number of thioether (sulfide) groups is 1. The minimum Gasteiger partial charge on any atom is -0.381 e. The van der Waals surface area contributed by atoms with Gasteiger partial charge in [0.1, 0.15) is 11.6 Å². The van der Waals surface area contributed by atoms with Crippen LogP contribution in [-0.4, -0.2) is 34.2 Å². The second-order valence-corrected chi connectivity index (χ2v) is 6.84. The first-order valence-electron chi connectivity index (χ1n) is 7.62. The Balaban J connectivity index is 1.89. The molecule has 0 bridgehead atoms. The summed E-state index contributed by atoms with van der Waals surface area (Å²) in [6, 6.07) is 4.73. The molecule has 0 unspecified atom stereocenters. The molecule has 0 radical (unpaired) electrons. The lowest BCUT2D eigenvalue weighted by Crippen LogP contribution is -2.15. The molecule has 1 aromatic heterocycles. The van der Waals surface area contributed by atoms with Crippen LogP contribution < -0.4 is 0 Å². The van der Waals surface area contributed by atoms with Gasteiger partial charge in [0.25, 0.3) is 0 Å². The third-order valence-electron chi connectivity index (χ3n) is 3.99. The first-order valence-corrected chi connectivity index (χ1v) is 9.39. The molecule has 2 aromatic rings. The first-order chi connectivity index (χ1) is 11.2. The molecule has 23 heavy (non-hydrogen) atoms. The van der Waals surface area contributed by atoms with Crippen molar-refractivity contribution in [3.8, 4) is 0 Å². The maximum atomic E-state index is 14.0. The molecule has 3 rings (SSSR count). The number of nitrogens with zero attached hydrogens (tertiary/aromatic N) is 3. The lowest BCUT2D eigenvalue weighted by Gasteiger charge is -2.18. The van der Waals surface area contributed by atoms with Crippen molar-refractivity contribution < 1.29 is 9.13 Å². The van der Waals surface area contributed by atoms with Gasteiger partial charge in [0.05, 0.1) is 12.3 Å². The van der Waals surface area contributed by atoms with Gasteiger partial charge < -0.3 is 4.74 Å². The van der Waals surface area contributed by atoms with Crippen LogP contribution in [-0.2, 0) is 17.0 Å². The lowest BCUT2D eigenvalue weighted by atomic mass is 10.00. The van der Waals surface area contributed by atoms with Gasteiger partial charge in [-0.2, -0.15) is 16.9 Å². The zero-order chi connectivity index (χ0) is 16.2. The predicted octanol–water partition coefficient (Wildman–Crippen LogP) is 3.88.